The third-order valence-corrected chi connectivity index (χ3v) is 4.04. The van der Waals surface area contributed by atoms with E-state index in [4.69, 9.17) is 0 Å². The lowest BCUT2D eigenvalue weighted by atomic mass is 9.70. The molecule has 2 bridgehead atoms. The molecule has 3 unspecified atom stereocenters. The SMILES string of the molecule is CC1(C)C(=O)C2(C)CC1CC2O. The standard InChI is InChI=1S/C10H16O2/c1-9(2)6-4-7(11)10(3,5-6)8(9)12/h6-7,11H,4-5H2,1-3H3. The van der Waals surface area contributed by atoms with E-state index in [-0.39, 0.29) is 17.3 Å². The van der Waals surface area contributed by atoms with Crippen molar-refractivity contribution in [2.24, 2.45) is 16.7 Å². The number of ketones is 1. The highest BCUT2D eigenvalue weighted by molar-refractivity contribution is 5.93. The van der Waals surface area contributed by atoms with E-state index in [0.29, 0.717) is 5.92 Å². The Labute approximate surface area is 73.0 Å². The summed E-state index contributed by atoms with van der Waals surface area (Å²) in [5.41, 5.74) is -0.609. The maximum Gasteiger partial charge on any atom is 0.147 e. The largest absolute Gasteiger partial charge is 0.392 e. The first-order chi connectivity index (χ1) is 5.39. The molecule has 2 aliphatic rings. The Morgan fingerprint density at radius 2 is 2.00 bits per heavy atom. The number of hydrogen-bond acceptors (Lipinski definition) is 2. The molecule has 0 heterocycles. The van der Waals surface area contributed by atoms with Crippen molar-refractivity contribution < 1.29 is 9.90 Å². The Balaban J connectivity index is 2.43. The monoisotopic (exact) mass is 168 g/mol. The van der Waals surface area contributed by atoms with Gasteiger partial charge in [-0.3, -0.25) is 4.79 Å². The van der Waals surface area contributed by atoms with Gasteiger partial charge in [0.1, 0.15) is 5.78 Å². The average molecular weight is 168 g/mol. The molecule has 0 aromatic rings. The molecule has 0 aromatic heterocycles. The second kappa shape index (κ2) is 1.92. The zero-order valence-corrected chi connectivity index (χ0v) is 7.92. The molecule has 2 heteroatoms. The van der Waals surface area contributed by atoms with Crippen molar-refractivity contribution in [3.8, 4) is 0 Å². The quantitative estimate of drug-likeness (QED) is 0.593. The van der Waals surface area contributed by atoms with Gasteiger partial charge in [-0.15, -0.1) is 0 Å². The number of aliphatic hydroxyl groups excluding tert-OH is 1. The summed E-state index contributed by atoms with van der Waals surface area (Å²) >= 11 is 0. The lowest BCUT2D eigenvalue weighted by Crippen LogP contribution is -2.43. The summed E-state index contributed by atoms with van der Waals surface area (Å²) in [6.45, 7) is 5.93. The maximum absolute atomic E-state index is 11.9. The molecule has 0 radical (unpaired) electrons. The Morgan fingerprint density at radius 1 is 1.42 bits per heavy atom. The molecule has 2 nitrogen and oxygen atoms in total. The fraction of sp³-hybridized carbons (Fsp3) is 0.900. The minimum atomic E-state index is -0.422. The highest BCUT2D eigenvalue weighted by Crippen LogP contribution is 2.59. The first-order valence-corrected chi connectivity index (χ1v) is 4.62. The highest BCUT2D eigenvalue weighted by Gasteiger charge is 2.63. The Hall–Kier alpha value is -0.370. The van der Waals surface area contributed by atoms with Crippen molar-refractivity contribution in [1.82, 2.24) is 0 Å². The van der Waals surface area contributed by atoms with Crippen LogP contribution >= 0.6 is 0 Å². The first-order valence-electron chi connectivity index (χ1n) is 4.62. The van der Waals surface area contributed by atoms with Crippen LogP contribution in [0.4, 0.5) is 0 Å². The molecular formula is C10H16O2. The molecule has 2 fully saturated rings. The fourth-order valence-corrected chi connectivity index (χ4v) is 2.98. The smallest absolute Gasteiger partial charge is 0.147 e. The predicted octanol–water partition coefficient (Wildman–Crippen LogP) is 1.37. The van der Waals surface area contributed by atoms with Crippen LogP contribution in [0.5, 0.6) is 0 Å². The molecule has 0 spiro atoms. The predicted molar refractivity (Wildman–Crippen MR) is 45.6 cm³/mol. The van der Waals surface area contributed by atoms with Gasteiger partial charge in [0.2, 0.25) is 0 Å². The van der Waals surface area contributed by atoms with Gasteiger partial charge in [0.15, 0.2) is 0 Å². The zero-order chi connectivity index (χ0) is 9.15. The molecule has 2 saturated carbocycles. The van der Waals surface area contributed by atoms with E-state index in [0.717, 1.165) is 12.8 Å². The fourth-order valence-electron chi connectivity index (χ4n) is 2.98. The third kappa shape index (κ3) is 0.674. The van der Waals surface area contributed by atoms with Crippen LogP contribution in [0, 0.1) is 16.7 Å². The van der Waals surface area contributed by atoms with E-state index in [1.807, 2.05) is 20.8 Å². The molecule has 0 amide bonds. The number of aliphatic hydroxyl groups is 1. The van der Waals surface area contributed by atoms with Gasteiger partial charge in [-0.05, 0) is 18.8 Å². The van der Waals surface area contributed by atoms with E-state index >= 15 is 0 Å². The molecular weight excluding hydrogens is 152 g/mol. The summed E-state index contributed by atoms with van der Waals surface area (Å²) in [4.78, 5) is 11.9. The van der Waals surface area contributed by atoms with Crippen molar-refractivity contribution in [2.45, 2.75) is 39.7 Å². The molecule has 12 heavy (non-hydrogen) atoms. The van der Waals surface area contributed by atoms with Crippen molar-refractivity contribution in [3.05, 3.63) is 0 Å². The zero-order valence-electron chi connectivity index (χ0n) is 7.92. The van der Waals surface area contributed by atoms with E-state index in [2.05, 4.69) is 0 Å². The Kier molecular flexibility index (Phi) is 1.32. The van der Waals surface area contributed by atoms with Gasteiger partial charge in [0.05, 0.1) is 11.5 Å². The second-order valence-electron chi connectivity index (χ2n) is 5.12. The minimum absolute atomic E-state index is 0.187. The lowest BCUT2D eigenvalue weighted by molar-refractivity contribution is -0.141. The molecule has 3 atom stereocenters. The van der Waals surface area contributed by atoms with Crippen molar-refractivity contribution in [3.63, 3.8) is 0 Å². The van der Waals surface area contributed by atoms with Crippen LogP contribution in [0.25, 0.3) is 0 Å². The van der Waals surface area contributed by atoms with Crippen LogP contribution in [0.2, 0.25) is 0 Å². The van der Waals surface area contributed by atoms with E-state index in [1.165, 1.54) is 0 Å². The average Bonchev–Trinajstić information content (AvgIpc) is 2.34. The number of fused-ring (bicyclic) bond motifs is 2. The summed E-state index contributed by atoms with van der Waals surface area (Å²) in [6, 6.07) is 0. The number of Topliss-reactive ketones (excluding diaryl/α,β-unsaturated/α-hetero) is 1. The summed E-state index contributed by atoms with van der Waals surface area (Å²) in [5, 5.41) is 9.66. The number of carbonyl (C=O) groups excluding carboxylic acids is 1. The van der Waals surface area contributed by atoms with Gasteiger partial charge >= 0.3 is 0 Å². The molecule has 2 rings (SSSR count). The van der Waals surface area contributed by atoms with Gasteiger partial charge in [-0.2, -0.15) is 0 Å². The number of rotatable bonds is 0. The Bertz CT molecular complexity index is 244. The number of carbonyl (C=O) groups is 1. The van der Waals surface area contributed by atoms with Crippen LogP contribution < -0.4 is 0 Å². The van der Waals surface area contributed by atoms with Crippen molar-refractivity contribution >= 4 is 5.78 Å². The summed E-state index contributed by atoms with van der Waals surface area (Å²) in [6.07, 6.45) is 1.32. The van der Waals surface area contributed by atoms with Gasteiger partial charge < -0.3 is 5.11 Å². The summed E-state index contributed by atoms with van der Waals surface area (Å²) < 4.78 is 0. The summed E-state index contributed by atoms with van der Waals surface area (Å²) in [5.74, 6) is 0.670. The van der Waals surface area contributed by atoms with Gasteiger partial charge in [0.25, 0.3) is 0 Å². The van der Waals surface area contributed by atoms with Crippen LogP contribution in [-0.2, 0) is 4.79 Å². The van der Waals surface area contributed by atoms with Crippen LogP contribution in [-0.4, -0.2) is 17.0 Å². The minimum Gasteiger partial charge on any atom is -0.392 e. The number of hydrogen-bond donors (Lipinski definition) is 1. The Morgan fingerprint density at radius 3 is 2.33 bits per heavy atom. The van der Waals surface area contributed by atoms with Crippen LogP contribution in [0.1, 0.15) is 33.6 Å². The molecule has 0 aliphatic heterocycles. The highest BCUT2D eigenvalue weighted by atomic mass is 16.3. The molecule has 0 aromatic carbocycles. The van der Waals surface area contributed by atoms with Crippen LogP contribution in [0.15, 0.2) is 0 Å². The maximum atomic E-state index is 11.9. The van der Waals surface area contributed by atoms with Crippen molar-refractivity contribution in [1.29, 1.82) is 0 Å². The normalized spacial score (nSPS) is 50.2. The lowest BCUT2D eigenvalue weighted by Gasteiger charge is -2.34. The first kappa shape index (κ1) is 8.24. The molecule has 68 valence electrons. The summed E-state index contributed by atoms with van der Waals surface area (Å²) in [7, 11) is 0. The van der Waals surface area contributed by atoms with Crippen molar-refractivity contribution in [2.75, 3.05) is 0 Å². The van der Waals surface area contributed by atoms with Gasteiger partial charge in [-0.1, -0.05) is 20.8 Å². The molecule has 0 saturated heterocycles. The molecule has 2 aliphatic carbocycles. The van der Waals surface area contributed by atoms with E-state index in [1.54, 1.807) is 0 Å². The third-order valence-electron chi connectivity index (χ3n) is 4.04. The van der Waals surface area contributed by atoms with Gasteiger partial charge in [0, 0.05) is 5.41 Å². The second-order valence-corrected chi connectivity index (χ2v) is 5.12. The van der Waals surface area contributed by atoms with Crippen LogP contribution in [0.3, 0.4) is 0 Å². The van der Waals surface area contributed by atoms with E-state index < -0.39 is 5.41 Å². The van der Waals surface area contributed by atoms with Gasteiger partial charge in [-0.25, -0.2) is 0 Å². The topological polar surface area (TPSA) is 37.3 Å². The van der Waals surface area contributed by atoms with E-state index in [9.17, 15) is 9.90 Å². The molecule has 1 N–H and O–H groups in total.